The van der Waals surface area contributed by atoms with Crippen molar-refractivity contribution in [1.82, 2.24) is 10.6 Å². The summed E-state index contributed by atoms with van der Waals surface area (Å²) in [4.78, 5) is 47.0. The van der Waals surface area contributed by atoms with Crippen molar-refractivity contribution >= 4 is 34.7 Å². The summed E-state index contributed by atoms with van der Waals surface area (Å²) in [6.07, 6.45) is -1.25. The third-order valence-electron chi connectivity index (χ3n) is 3.06. The smallest absolute Gasteiger partial charge is 0.386 e. The van der Waals surface area contributed by atoms with Gasteiger partial charge in [-0.1, -0.05) is 25.6 Å². The number of ether oxygens (including phenoxy) is 1. The second-order valence-corrected chi connectivity index (χ2v) is 6.53. The van der Waals surface area contributed by atoms with E-state index in [1.54, 1.807) is 0 Å². The number of thioether (sulfide) groups is 1. The highest BCUT2D eigenvalue weighted by molar-refractivity contribution is 8.15. The fraction of sp³-hybridized carbons (Fsp3) is 0.692. The molecule has 8 nitrogen and oxygen atoms in total. The molecule has 1 saturated heterocycles. The van der Waals surface area contributed by atoms with Crippen LogP contribution in [0.5, 0.6) is 0 Å². The third-order valence-corrected chi connectivity index (χ3v) is 3.89. The Bertz CT molecular complexity index is 465. The number of carbonyl (C=O) groups excluding carboxylic acids is 4. The van der Waals surface area contributed by atoms with Gasteiger partial charge < -0.3 is 20.5 Å². The van der Waals surface area contributed by atoms with E-state index in [-0.39, 0.29) is 31.2 Å². The lowest BCUT2D eigenvalue weighted by molar-refractivity contribution is -0.166. The molecule has 0 aromatic carbocycles. The Hall–Kier alpha value is -1.61. The lowest BCUT2D eigenvalue weighted by Gasteiger charge is -2.30. The summed E-state index contributed by atoms with van der Waals surface area (Å²) in [5.74, 6) is -1.83. The third kappa shape index (κ3) is 5.30. The molecule has 0 aliphatic carbocycles. The van der Waals surface area contributed by atoms with E-state index in [4.69, 9.17) is 4.74 Å². The first-order valence-corrected chi connectivity index (χ1v) is 7.79. The molecule has 1 fully saturated rings. The van der Waals surface area contributed by atoms with Crippen LogP contribution >= 0.6 is 11.8 Å². The van der Waals surface area contributed by atoms with Crippen molar-refractivity contribution in [2.75, 3.05) is 25.4 Å². The van der Waals surface area contributed by atoms with Gasteiger partial charge in [0.1, 0.15) is 0 Å². The van der Waals surface area contributed by atoms with Gasteiger partial charge in [-0.05, 0) is 0 Å². The van der Waals surface area contributed by atoms with E-state index in [0.29, 0.717) is 11.8 Å². The second kappa shape index (κ2) is 8.14. The molecule has 1 aliphatic rings. The number of aliphatic hydroxyl groups excluding tert-OH is 1. The molecule has 1 heterocycles. The lowest BCUT2D eigenvalue weighted by atomic mass is 9.86. The maximum atomic E-state index is 12.1. The minimum Gasteiger partial charge on any atom is -0.445 e. The number of nitrogens with one attached hydrogen (secondary N) is 2. The number of carbonyl (C=O) groups is 4. The van der Waals surface area contributed by atoms with E-state index >= 15 is 0 Å². The maximum Gasteiger partial charge on any atom is 0.386 e. The van der Waals surface area contributed by atoms with Crippen LogP contribution in [0.25, 0.3) is 0 Å². The SMILES string of the molecule is CC(C)(CO)[C@H]1OC(=O)C(=O)SCCNC(=O)CCNC1=O. The van der Waals surface area contributed by atoms with Crippen LogP contribution in [-0.2, 0) is 23.9 Å². The fourth-order valence-electron chi connectivity index (χ4n) is 1.68. The van der Waals surface area contributed by atoms with E-state index in [1.165, 1.54) is 13.8 Å². The summed E-state index contributed by atoms with van der Waals surface area (Å²) in [5, 5.41) is 13.6. The number of amides is 2. The first-order valence-electron chi connectivity index (χ1n) is 6.81. The minimum atomic E-state index is -1.32. The van der Waals surface area contributed by atoms with Gasteiger partial charge in [-0.15, -0.1) is 0 Å². The molecule has 0 bridgehead atoms. The van der Waals surface area contributed by atoms with Gasteiger partial charge in [-0.3, -0.25) is 14.4 Å². The highest BCUT2D eigenvalue weighted by Gasteiger charge is 2.39. The van der Waals surface area contributed by atoms with Gasteiger partial charge in [0.2, 0.25) is 5.91 Å². The van der Waals surface area contributed by atoms with E-state index in [0.717, 1.165) is 0 Å². The average Bonchev–Trinajstić information content (AvgIpc) is 2.48. The molecule has 1 aliphatic heterocycles. The van der Waals surface area contributed by atoms with Crippen LogP contribution in [0.3, 0.4) is 0 Å². The zero-order valence-electron chi connectivity index (χ0n) is 12.5. The van der Waals surface area contributed by atoms with Crippen LogP contribution in [-0.4, -0.2) is 59.6 Å². The van der Waals surface area contributed by atoms with Crippen LogP contribution in [0.15, 0.2) is 0 Å². The molecule has 0 radical (unpaired) electrons. The van der Waals surface area contributed by atoms with Crippen LogP contribution in [0.2, 0.25) is 0 Å². The van der Waals surface area contributed by atoms with Crippen molar-refractivity contribution < 1.29 is 29.0 Å². The molecular weight excluding hydrogens is 312 g/mol. The van der Waals surface area contributed by atoms with Crippen LogP contribution in [0.1, 0.15) is 20.3 Å². The summed E-state index contributed by atoms with van der Waals surface area (Å²) in [6, 6.07) is 0. The Morgan fingerprint density at radius 1 is 1.23 bits per heavy atom. The maximum absolute atomic E-state index is 12.1. The van der Waals surface area contributed by atoms with Crippen molar-refractivity contribution in [2.24, 2.45) is 5.41 Å². The molecule has 1 rings (SSSR count). The Morgan fingerprint density at radius 2 is 1.91 bits per heavy atom. The highest BCUT2D eigenvalue weighted by Crippen LogP contribution is 2.24. The predicted octanol–water partition coefficient (Wildman–Crippen LogP) is -1.19. The summed E-state index contributed by atoms with van der Waals surface area (Å²) in [7, 11) is 0. The van der Waals surface area contributed by atoms with Crippen molar-refractivity contribution in [3.63, 3.8) is 0 Å². The number of hydrogen-bond donors (Lipinski definition) is 3. The summed E-state index contributed by atoms with van der Waals surface area (Å²) in [5.41, 5.74) is -1.06. The van der Waals surface area contributed by atoms with Crippen LogP contribution in [0.4, 0.5) is 0 Å². The molecule has 3 N–H and O–H groups in total. The van der Waals surface area contributed by atoms with Crippen LogP contribution in [0, 0.1) is 5.41 Å². The van der Waals surface area contributed by atoms with Gasteiger partial charge in [0.15, 0.2) is 6.10 Å². The minimum absolute atomic E-state index is 0.0707. The number of aliphatic hydroxyl groups is 1. The Morgan fingerprint density at radius 3 is 2.55 bits per heavy atom. The van der Waals surface area contributed by atoms with E-state index < -0.39 is 35.1 Å². The Kier molecular flexibility index (Phi) is 6.82. The lowest BCUT2D eigenvalue weighted by Crippen LogP contribution is -2.49. The molecule has 0 saturated carbocycles. The van der Waals surface area contributed by atoms with Gasteiger partial charge in [0, 0.05) is 30.7 Å². The first-order chi connectivity index (χ1) is 10.3. The molecular formula is C13H20N2O6S. The number of hydrogen-bond acceptors (Lipinski definition) is 7. The summed E-state index contributed by atoms with van der Waals surface area (Å²) in [6.45, 7) is 2.96. The number of cyclic esters (lactones) is 1. The van der Waals surface area contributed by atoms with Gasteiger partial charge in [0.05, 0.1) is 6.61 Å². The van der Waals surface area contributed by atoms with Crippen molar-refractivity contribution in [3.05, 3.63) is 0 Å². The van der Waals surface area contributed by atoms with Crippen molar-refractivity contribution in [3.8, 4) is 0 Å². The Balaban J connectivity index is 2.92. The number of rotatable bonds is 2. The normalized spacial score (nSPS) is 22.6. The van der Waals surface area contributed by atoms with E-state index in [1.807, 2.05) is 0 Å². The Labute approximate surface area is 132 Å². The quantitative estimate of drug-likeness (QED) is 0.429. The molecule has 0 spiro atoms. The van der Waals surface area contributed by atoms with E-state index in [2.05, 4.69) is 10.6 Å². The van der Waals surface area contributed by atoms with Gasteiger partial charge in [-0.2, -0.15) is 0 Å². The summed E-state index contributed by atoms with van der Waals surface area (Å²) < 4.78 is 4.98. The molecule has 0 aromatic rings. The number of esters is 1. The highest BCUT2D eigenvalue weighted by atomic mass is 32.2. The molecule has 0 unspecified atom stereocenters. The second-order valence-electron chi connectivity index (χ2n) is 5.46. The van der Waals surface area contributed by atoms with Gasteiger partial charge >= 0.3 is 5.97 Å². The fourth-order valence-corrected chi connectivity index (χ4v) is 2.23. The molecule has 124 valence electrons. The van der Waals surface area contributed by atoms with Gasteiger partial charge in [-0.25, -0.2) is 4.79 Å². The first kappa shape index (κ1) is 18.4. The predicted molar refractivity (Wildman–Crippen MR) is 78.8 cm³/mol. The standard InChI is InChI=1S/C13H20N2O6S/c1-13(2,7-16)9-10(18)15-4-3-8(17)14-5-6-22-12(20)11(19)21-9/h9,16H,3-7H2,1-2H3,(H,14,17)(H,15,18)/t9-/m0/s1. The zero-order chi connectivity index (χ0) is 16.8. The van der Waals surface area contributed by atoms with Crippen LogP contribution < -0.4 is 10.6 Å². The molecule has 9 heteroatoms. The molecule has 0 aromatic heterocycles. The molecule has 1 atom stereocenters. The molecule has 22 heavy (non-hydrogen) atoms. The van der Waals surface area contributed by atoms with Crippen molar-refractivity contribution in [2.45, 2.75) is 26.4 Å². The zero-order valence-corrected chi connectivity index (χ0v) is 13.3. The summed E-state index contributed by atoms with van der Waals surface area (Å²) >= 11 is 0.707. The monoisotopic (exact) mass is 332 g/mol. The molecule has 2 amide bonds. The van der Waals surface area contributed by atoms with E-state index in [9.17, 15) is 24.3 Å². The van der Waals surface area contributed by atoms with Crippen molar-refractivity contribution in [1.29, 1.82) is 0 Å². The topological polar surface area (TPSA) is 122 Å². The largest absolute Gasteiger partial charge is 0.445 e. The van der Waals surface area contributed by atoms with Gasteiger partial charge in [0.25, 0.3) is 11.0 Å². The average molecular weight is 332 g/mol.